The molecule has 2 aromatic rings. The molecule has 0 saturated carbocycles. The Labute approximate surface area is 193 Å². The van der Waals surface area contributed by atoms with Crippen LogP contribution in [-0.2, 0) is 21.4 Å². The number of esters is 1. The molecule has 0 unspecified atom stereocenters. The van der Waals surface area contributed by atoms with E-state index in [1.807, 2.05) is 0 Å². The second-order valence-electron chi connectivity index (χ2n) is 9.59. The minimum Gasteiger partial charge on any atom is -0.493 e. The van der Waals surface area contributed by atoms with E-state index in [-0.39, 0.29) is 11.4 Å². The maximum absolute atomic E-state index is 11.0. The number of benzene rings is 2. The Morgan fingerprint density at radius 3 is 2.53 bits per heavy atom. The van der Waals surface area contributed by atoms with Gasteiger partial charge in [-0.15, -0.1) is 0 Å². The van der Waals surface area contributed by atoms with Gasteiger partial charge in [0, 0.05) is 11.6 Å². The summed E-state index contributed by atoms with van der Waals surface area (Å²) in [4.78, 5) is 11.0. The third-order valence-electron chi connectivity index (χ3n) is 6.01. The standard InChI is InChI=1S/C29H36O3/c1-6-28(30)32-17-10-8-7-9-16-31-27-13-11-12-22-18-23(19-26(22)27)25-20-24(29(3,4)5)15-14-21(25)2/h6,11-15,19-20H,1,7-10,16-18H2,2-5H3. The van der Waals surface area contributed by atoms with Crippen LogP contribution in [0.4, 0.5) is 0 Å². The maximum Gasteiger partial charge on any atom is 0.330 e. The molecule has 3 rings (SSSR count). The maximum atomic E-state index is 11.0. The fourth-order valence-corrected chi connectivity index (χ4v) is 4.04. The molecule has 2 aromatic carbocycles. The fraction of sp³-hybridized carbons (Fsp3) is 0.414. The van der Waals surface area contributed by atoms with Gasteiger partial charge in [0.05, 0.1) is 13.2 Å². The van der Waals surface area contributed by atoms with Crippen LogP contribution in [0.5, 0.6) is 5.75 Å². The Morgan fingerprint density at radius 2 is 1.81 bits per heavy atom. The van der Waals surface area contributed by atoms with Crippen LogP contribution in [0.25, 0.3) is 11.6 Å². The number of carbonyl (C=O) groups excluding carboxylic acids is 1. The molecule has 32 heavy (non-hydrogen) atoms. The summed E-state index contributed by atoms with van der Waals surface area (Å²) in [6, 6.07) is 13.2. The Morgan fingerprint density at radius 1 is 1.06 bits per heavy atom. The molecule has 0 aliphatic heterocycles. The Hall–Kier alpha value is -2.81. The van der Waals surface area contributed by atoms with E-state index in [0.717, 1.165) is 37.9 Å². The van der Waals surface area contributed by atoms with E-state index >= 15 is 0 Å². The minimum atomic E-state index is -0.348. The van der Waals surface area contributed by atoms with Gasteiger partial charge in [-0.3, -0.25) is 0 Å². The van der Waals surface area contributed by atoms with E-state index in [1.165, 1.54) is 39.5 Å². The molecule has 0 spiro atoms. The highest BCUT2D eigenvalue weighted by Gasteiger charge is 2.21. The van der Waals surface area contributed by atoms with Crippen LogP contribution >= 0.6 is 0 Å². The second kappa shape index (κ2) is 10.7. The third-order valence-corrected chi connectivity index (χ3v) is 6.01. The van der Waals surface area contributed by atoms with Crippen molar-refractivity contribution >= 4 is 17.6 Å². The molecule has 0 N–H and O–H groups in total. The highest BCUT2D eigenvalue weighted by molar-refractivity contribution is 5.91. The van der Waals surface area contributed by atoms with Crippen LogP contribution in [0.3, 0.4) is 0 Å². The number of hydrogen-bond donors (Lipinski definition) is 0. The molecular formula is C29H36O3. The number of carbonyl (C=O) groups is 1. The van der Waals surface area contributed by atoms with Crippen molar-refractivity contribution in [2.24, 2.45) is 0 Å². The number of allylic oxidation sites excluding steroid dienone is 1. The molecule has 1 aliphatic carbocycles. The van der Waals surface area contributed by atoms with Crippen molar-refractivity contribution in [3.8, 4) is 5.75 Å². The lowest BCUT2D eigenvalue weighted by Crippen LogP contribution is -2.11. The molecule has 0 radical (unpaired) electrons. The first kappa shape index (κ1) is 23.8. The van der Waals surface area contributed by atoms with Crippen molar-refractivity contribution in [2.45, 2.75) is 65.2 Å². The molecule has 0 heterocycles. The van der Waals surface area contributed by atoms with E-state index in [4.69, 9.17) is 9.47 Å². The van der Waals surface area contributed by atoms with E-state index in [1.54, 1.807) is 0 Å². The van der Waals surface area contributed by atoms with E-state index in [0.29, 0.717) is 13.2 Å². The molecule has 0 saturated heterocycles. The first-order valence-corrected chi connectivity index (χ1v) is 11.7. The summed E-state index contributed by atoms with van der Waals surface area (Å²) in [5, 5.41) is 0. The number of fused-ring (bicyclic) bond motifs is 1. The first-order valence-electron chi connectivity index (χ1n) is 11.7. The van der Waals surface area contributed by atoms with Gasteiger partial charge in [0.2, 0.25) is 0 Å². The van der Waals surface area contributed by atoms with Gasteiger partial charge in [0.1, 0.15) is 5.75 Å². The van der Waals surface area contributed by atoms with Crippen molar-refractivity contribution in [3.63, 3.8) is 0 Å². The molecule has 3 heteroatoms. The predicted molar refractivity (Wildman–Crippen MR) is 133 cm³/mol. The van der Waals surface area contributed by atoms with Gasteiger partial charge in [-0.05, 0) is 84.4 Å². The van der Waals surface area contributed by atoms with Gasteiger partial charge >= 0.3 is 5.97 Å². The van der Waals surface area contributed by atoms with Gasteiger partial charge in [0.25, 0.3) is 0 Å². The smallest absolute Gasteiger partial charge is 0.330 e. The Bertz CT molecular complexity index is 992. The van der Waals surface area contributed by atoms with Gasteiger partial charge in [-0.2, -0.15) is 0 Å². The largest absolute Gasteiger partial charge is 0.493 e. The van der Waals surface area contributed by atoms with Gasteiger partial charge in [0.15, 0.2) is 0 Å². The summed E-state index contributed by atoms with van der Waals surface area (Å²) in [7, 11) is 0. The molecule has 3 nitrogen and oxygen atoms in total. The average molecular weight is 433 g/mol. The lowest BCUT2D eigenvalue weighted by molar-refractivity contribution is -0.137. The van der Waals surface area contributed by atoms with Crippen LogP contribution in [0.15, 0.2) is 49.1 Å². The van der Waals surface area contributed by atoms with Crippen molar-refractivity contribution < 1.29 is 14.3 Å². The zero-order valence-corrected chi connectivity index (χ0v) is 20.0. The Kier molecular flexibility index (Phi) is 7.95. The SMILES string of the molecule is C=CC(=O)OCCCCCCOc1cccc2c1C=C(c1cc(C(C)(C)C)ccc1C)C2. The number of unbranched alkanes of at least 4 members (excludes halogenated alkanes) is 3. The van der Waals surface area contributed by atoms with Gasteiger partial charge in [-0.25, -0.2) is 4.79 Å². The molecule has 0 bridgehead atoms. The minimum absolute atomic E-state index is 0.135. The van der Waals surface area contributed by atoms with Crippen LogP contribution < -0.4 is 4.74 Å². The predicted octanol–water partition coefficient (Wildman–Crippen LogP) is 7.06. The quantitative estimate of drug-likeness (QED) is 0.229. The summed E-state index contributed by atoms with van der Waals surface area (Å²) in [5.74, 6) is 0.626. The summed E-state index contributed by atoms with van der Waals surface area (Å²) >= 11 is 0. The summed E-state index contributed by atoms with van der Waals surface area (Å²) in [5.41, 5.74) is 8.09. The molecule has 0 amide bonds. The van der Waals surface area contributed by atoms with Crippen LogP contribution in [0, 0.1) is 6.92 Å². The molecule has 170 valence electrons. The topological polar surface area (TPSA) is 35.5 Å². The third kappa shape index (κ3) is 6.12. The van der Waals surface area contributed by atoms with Gasteiger partial charge in [-0.1, -0.05) is 57.7 Å². The van der Waals surface area contributed by atoms with Gasteiger partial charge < -0.3 is 9.47 Å². The number of rotatable bonds is 10. The number of ether oxygens (including phenoxy) is 2. The van der Waals surface area contributed by atoms with Crippen molar-refractivity contribution in [1.82, 2.24) is 0 Å². The second-order valence-corrected chi connectivity index (χ2v) is 9.59. The van der Waals surface area contributed by atoms with Crippen LogP contribution in [0.2, 0.25) is 0 Å². The fourth-order valence-electron chi connectivity index (χ4n) is 4.04. The molecule has 1 aliphatic rings. The lowest BCUT2D eigenvalue weighted by Gasteiger charge is -2.21. The molecule has 0 aromatic heterocycles. The normalized spacial score (nSPS) is 12.8. The summed E-state index contributed by atoms with van der Waals surface area (Å²) < 4.78 is 11.2. The van der Waals surface area contributed by atoms with Crippen molar-refractivity contribution in [2.75, 3.05) is 13.2 Å². The van der Waals surface area contributed by atoms with Crippen LogP contribution in [-0.4, -0.2) is 19.2 Å². The Balaban J connectivity index is 1.58. The first-order chi connectivity index (χ1) is 15.3. The van der Waals surface area contributed by atoms with Crippen molar-refractivity contribution in [3.05, 3.63) is 76.9 Å². The number of aryl methyl sites for hydroxylation is 1. The van der Waals surface area contributed by atoms with E-state index in [2.05, 4.69) is 76.7 Å². The number of hydrogen-bond acceptors (Lipinski definition) is 3. The highest BCUT2D eigenvalue weighted by atomic mass is 16.5. The zero-order chi connectivity index (χ0) is 23.1. The zero-order valence-electron chi connectivity index (χ0n) is 20.0. The highest BCUT2D eigenvalue weighted by Crippen LogP contribution is 2.39. The summed E-state index contributed by atoms with van der Waals surface area (Å²) in [6.45, 7) is 13.5. The molecule has 0 fully saturated rings. The van der Waals surface area contributed by atoms with Crippen molar-refractivity contribution in [1.29, 1.82) is 0 Å². The lowest BCUT2D eigenvalue weighted by atomic mass is 9.84. The molecular weight excluding hydrogens is 396 g/mol. The van der Waals surface area contributed by atoms with E-state index < -0.39 is 0 Å². The monoisotopic (exact) mass is 432 g/mol. The summed E-state index contributed by atoms with van der Waals surface area (Å²) in [6.07, 6.45) is 8.41. The van der Waals surface area contributed by atoms with E-state index in [9.17, 15) is 4.79 Å². The molecule has 0 atom stereocenters. The van der Waals surface area contributed by atoms with Crippen LogP contribution in [0.1, 0.15) is 74.3 Å². The average Bonchev–Trinajstić information content (AvgIpc) is 3.19.